The van der Waals surface area contributed by atoms with Gasteiger partial charge in [0.2, 0.25) is 5.91 Å². The molecule has 0 aliphatic carbocycles. The molecular weight excluding hydrogens is 234 g/mol. The molecule has 0 radical (unpaired) electrons. The number of amides is 1. The Balaban J connectivity index is 2.65. The van der Waals surface area contributed by atoms with Gasteiger partial charge in [0.25, 0.3) is 0 Å². The number of nitrogens with zero attached hydrogens (tertiary/aromatic N) is 2. The van der Waals surface area contributed by atoms with Crippen molar-refractivity contribution in [1.82, 2.24) is 14.9 Å². The molecule has 0 fully saturated rings. The van der Waals surface area contributed by atoms with E-state index in [0.717, 1.165) is 12.4 Å². The van der Waals surface area contributed by atoms with Crippen LogP contribution in [-0.2, 0) is 22.6 Å². The summed E-state index contributed by atoms with van der Waals surface area (Å²) in [4.78, 5) is 25.9. The molecule has 1 rings (SSSR count). The minimum atomic E-state index is -0.857. The second-order valence-corrected chi connectivity index (χ2v) is 4.16. The monoisotopic (exact) mass is 253 g/mol. The van der Waals surface area contributed by atoms with Crippen molar-refractivity contribution in [2.45, 2.75) is 45.7 Å². The van der Waals surface area contributed by atoms with Gasteiger partial charge in [-0.2, -0.15) is 0 Å². The third kappa shape index (κ3) is 4.57. The number of aliphatic carboxylic acids is 1. The van der Waals surface area contributed by atoms with Crippen LogP contribution in [0.5, 0.6) is 0 Å². The molecule has 0 saturated carbocycles. The predicted molar refractivity (Wildman–Crippen MR) is 66.1 cm³/mol. The summed E-state index contributed by atoms with van der Waals surface area (Å²) in [7, 11) is 0. The number of imidazole rings is 1. The van der Waals surface area contributed by atoms with Crippen LogP contribution >= 0.6 is 0 Å². The molecule has 1 amide bonds. The number of hydrogen-bond donors (Lipinski definition) is 2. The fourth-order valence-electron chi connectivity index (χ4n) is 1.85. The summed E-state index contributed by atoms with van der Waals surface area (Å²) < 4.78 is 1.98. The smallest absolute Gasteiger partial charge is 0.303 e. The molecule has 0 aromatic carbocycles. The lowest BCUT2D eigenvalue weighted by Gasteiger charge is -2.17. The largest absolute Gasteiger partial charge is 0.481 e. The average Bonchev–Trinajstić information content (AvgIpc) is 2.72. The van der Waals surface area contributed by atoms with Crippen LogP contribution in [0.25, 0.3) is 0 Å². The molecule has 18 heavy (non-hydrogen) atoms. The van der Waals surface area contributed by atoms with E-state index in [1.807, 2.05) is 17.7 Å². The third-order valence-corrected chi connectivity index (χ3v) is 2.69. The van der Waals surface area contributed by atoms with Gasteiger partial charge in [-0.25, -0.2) is 4.98 Å². The van der Waals surface area contributed by atoms with Crippen molar-refractivity contribution >= 4 is 11.9 Å². The van der Waals surface area contributed by atoms with Gasteiger partial charge in [-0.3, -0.25) is 9.59 Å². The van der Waals surface area contributed by atoms with Crippen LogP contribution in [0.15, 0.2) is 12.4 Å². The first-order chi connectivity index (χ1) is 8.52. The topological polar surface area (TPSA) is 84.2 Å². The Kier molecular flexibility index (Phi) is 5.35. The van der Waals surface area contributed by atoms with Crippen LogP contribution in [0, 0.1) is 0 Å². The molecule has 6 nitrogen and oxygen atoms in total. The molecule has 0 aliphatic heterocycles. The van der Waals surface area contributed by atoms with Gasteiger partial charge in [0.1, 0.15) is 5.82 Å². The van der Waals surface area contributed by atoms with Gasteiger partial charge >= 0.3 is 5.97 Å². The van der Waals surface area contributed by atoms with Gasteiger partial charge in [-0.1, -0.05) is 0 Å². The molecule has 0 bridgehead atoms. The van der Waals surface area contributed by atoms with Crippen molar-refractivity contribution in [2.24, 2.45) is 0 Å². The summed E-state index contributed by atoms with van der Waals surface area (Å²) in [5.74, 6) is -0.147. The Bertz CT molecular complexity index is 414. The maximum absolute atomic E-state index is 11.1. The Hall–Kier alpha value is -1.85. The van der Waals surface area contributed by atoms with E-state index in [1.165, 1.54) is 6.92 Å². The van der Waals surface area contributed by atoms with Gasteiger partial charge in [0.15, 0.2) is 0 Å². The zero-order valence-electron chi connectivity index (χ0n) is 10.7. The fourth-order valence-corrected chi connectivity index (χ4v) is 1.85. The van der Waals surface area contributed by atoms with Gasteiger partial charge < -0.3 is 15.0 Å². The third-order valence-electron chi connectivity index (χ3n) is 2.69. The maximum atomic E-state index is 11.1. The van der Waals surface area contributed by atoms with Crippen molar-refractivity contribution in [3.05, 3.63) is 18.2 Å². The highest BCUT2D eigenvalue weighted by Gasteiger charge is 2.15. The van der Waals surface area contributed by atoms with Crippen molar-refractivity contribution in [3.8, 4) is 0 Å². The highest BCUT2D eigenvalue weighted by molar-refractivity contribution is 5.73. The summed E-state index contributed by atoms with van der Waals surface area (Å²) in [6.45, 7) is 4.25. The number of aromatic nitrogens is 2. The summed E-state index contributed by atoms with van der Waals surface area (Å²) in [6, 6.07) is -0.189. The van der Waals surface area contributed by atoms with Crippen molar-refractivity contribution in [2.75, 3.05) is 0 Å². The van der Waals surface area contributed by atoms with Crippen molar-refractivity contribution < 1.29 is 14.7 Å². The van der Waals surface area contributed by atoms with E-state index in [2.05, 4.69) is 10.3 Å². The molecule has 2 N–H and O–H groups in total. The zero-order chi connectivity index (χ0) is 13.5. The lowest BCUT2D eigenvalue weighted by atomic mass is 10.1. The number of carboxylic acid groups (broad SMARTS) is 1. The van der Waals surface area contributed by atoms with E-state index in [9.17, 15) is 9.59 Å². The molecular formula is C12H19N3O3. The number of carboxylic acids is 1. The fraction of sp³-hybridized carbons (Fsp3) is 0.583. The number of aryl methyl sites for hydroxylation is 1. The van der Waals surface area contributed by atoms with Gasteiger partial charge in [0.05, 0.1) is 0 Å². The van der Waals surface area contributed by atoms with E-state index in [0.29, 0.717) is 12.8 Å². The van der Waals surface area contributed by atoms with E-state index < -0.39 is 5.97 Å². The molecule has 1 atom stereocenters. The molecule has 100 valence electrons. The van der Waals surface area contributed by atoms with Crippen LogP contribution in [0.2, 0.25) is 0 Å². The Morgan fingerprint density at radius 2 is 2.28 bits per heavy atom. The second kappa shape index (κ2) is 6.78. The van der Waals surface area contributed by atoms with E-state index >= 15 is 0 Å². The molecule has 6 heteroatoms. The normalized spacial score (nSPS) is 12.1. The molecule has 0 aliphatic rings. The van der Waals surface area contributed by atoms with Gasteiger partial charge in [0, 0.05) is 44.7 Å². The lowest BCUT2D eigenvalue weighted by Crippen LogP contribution is -2.36. The SMILES string of the molecule is CCn1ccnc1CC(CCC(=O)O)NC(C)=O. The first kappa shape index (κ1) is 14.2. The molecule has 0 spiro atoms. The first-order valence-corrected chi connectivity index (χ1v) is 6.01. The Labute approximate surface area is 106 Å². The first-order valence-electron chi connectivity index (χ1n) is 6.01. The van der Waals surface area contributed by atoms with E-state index in [-0.39, 0.29) is 18.4 Å². The van der Waals surface area contributed by atoms with Crippen LogP contribution in [-0.4, -0.2) is 32.6 Å². The van der Waals surface area contributed by atoms with Gasteiger partial charge in [-0.05, 0) is 13.3 Å². The van der Waals surface area contributed by atoms with E-state index in [4.69, 9.17) is 5.11 Å². The Morgan fingerprint density at radius 3 is 2.83 bits per heavy atom. The maximum Gasteiger partial charge on any atom is 0.303 e. The number of hydrogen-bond acceptors (Lipinski definition) is 3. The molecule has 1 aromatic heterocycles. The minimum Gasteiger partial charge on any atom is -0.481 e. The molecule has 1 heterocycles. The Morgan fingerprint density at radius 1 is 1.56 bits per heavy atom. The van der Waals surface area contributed by atoms with Crippen molar-refractivity contribution in [3.63, 3.8) is 0 Å². The summed E-state index contributed by atoms with van der Waals surface area (Å²) in [5.41, 5.74) is 0. The molecule has 1 unspecified atom stereocenters. The highest BCUT2D eigenvalue weighted by atomic mass is 16.4. The standard InChI is InChI=1S/C12H19N3O3/c1-3-15-7-6-13-11(15)8-10(14-9(2)16)4-5-12(17)18/h6-7,10H,3-5,8H2,1-2H3,(H,14,16)(H,17,18). The number of nitrogens with one attached hydrogen (secondary N) is 1. The number of carbonyl (C=O) groups is 2. The van der Waals surface area contributed by atoms with Crippen LogP contribution in [0.1, 0.15) is 32.5 Å². The van der Waals surface area contributed by atoms with Crippen LogP contribution in [0.3, 0.4) is 0 Å². The number of rotatable bonds is 7. The molecule has 1 aromatic rings. The average molecular weight is 253 g/mol. The highest BCUT2D eigenvalue weighted by Crippen LogP contribution is 2.07. The van der Waals surface area contributed by atoms with Gasteiger partial charge in [-0.15, -0.1) is 0 Å². The molecule has 0 saturated heterocycles. The zero-order valence-corrected chi connectivity index (χ0v) is 10.7. The van der Waals surface area contributed by atoms with Crippen LogP contribution < -0.4 is 5.32 Å². The predicted octanol–water partition coefficient (Wildman–Crippen LogP) is 0.815. The van der Waals surface area contributed by atoms with Crippen LogP contribution in [0.4, 0.5) is 0 Å². The number of carbonyl (C=O) groups excluding carboxylic acids is 1. The summed E-state index contributed by atoms with van der Waals surface area (Å²) in [5, 5.41) is 11.5. The van der Waals surface area contributed by atoms with Crippen molar-refractivity contribution in [1.29, 1.82) is 0 Å². The quantitative estimate of drug-likeness (QED) is 0.753. The lowest BCUT2D eigenvalue weighted by molar-refractivity contribution is -0.137. The summed E-state index contributed by atoms with van der Waals surface area (Å²) >= 11 is 0. The minimum absolute atomic E-state index is 0.0395. The second-order valence-electron chi connectivity index (χ2n) is 4.16. The van der Waals surface area contributed by atoms with E-state index in [1.54, 1.807) is 6.20 Å². The summed E-state index contributed by atoms with van der Waals surface area (Å²) in [6.07, 6.45) is 4.58.